The molecule has 12 heavy (non-hydrogen) atoms. The van der Waals surface area contributed by atoms with Crippen molar-refractivity contribution >= 4 is 22.6 Å². The molecule has 0 atom stereocenters. The van der Waals surface area contributed by atoms with Crippen molar-refractivity contribution in [3.63, 3.8) is 0 Å². The number of hydrogen-bond donors (Lipinski definition) is 0. The van der Waals surface area contributed by atoms with Crippen molar-refractivity contribution in [2.24, 2.45) is 14.1 Å². The van der Waals surface area contributed by atoms with Crippen molar-refractivity contribution in [2.75, 3.05) is 0 Å². The number of hydrogen-bond acceptors (Lipinski definition) is 2. The average molecular weight is 280 g/mol. The predicted octanol–water partition coefficient (Wildman–Crippen LogP) is -0.00298. The van der Waals surface area contributed by atoms with Crippen LogP contribution >= 0.6 is 22.6 Å². The van der Waals surface area contributed by atoms with Crippen molar-refractivity contribution < 1.29 is 0 Å². The fourth-order valence-electron chi connectivity index (χ4n) is 0.912. The molecule has 66 valence electrons. The van der Waals surface area contributed by atoms with E-state index in [2.05, 4.69) is 0 Å². The SMILES string of the molecule is Cc1c(I)c(=O)n(C)n(C)c1=O. The third-order valence-electron chi connectivity index (χ3n) is 1.88. The fraction of sp³-hybridized carbons (Fsp3) is 0.429. The molecule has 1 aromatic heterocycles. The summed E-state index contributed by atoms with van der Waals surface area (Å²) in [6.45, 7) is 1.66. The van der Waals surface area contributed by atoms with Crippen LogP contribution in [0.2, 0.25) is 0 Å². The molecule has 0 aliphatic heterocycles. The standard InChI is InChI=1S/C7H9IN2O2/c1-4-5(8)7(12)10(3)9(2)6(4)11/h1-3H3. The second-order valence-corrected chi connectivity index (χ2v) is 3.68. The van der Waals surface area contributed by atoms with Gasteiger partial charge in [0.15, 0.2) is 0 Å². The Balaban J connectivity index is 3.86. The van der Waals surface area contributed by atoms with E-state index in [0.717, 1.165) is 0 Å². The minimum absolute atomic E-state index is 0.124. The van der Waals surface area contributed by atoms with Crippen LogP contribution in [0.4, 0.5) is 0 Å². The summed E-state index contributed by atoms with van der Waals surface area (Å²) < 4.78 is 3.11. The molecule has 0 saturated heterocycles. The lowest BCUT2D eigenvalue weighted by Gasteiger charge is -2.07. The summed E-state index contributed by atoms with van der Waals surface area (Å²) >= 11 is 1.89. The van der Waals surface area contributed by atoms with Crippen molar-refractivity contribution in [2.45, 2.75) is 6.92 Å². The van der Waals surface area contributed by atoms with Crippen LogP contribution in [0, 0.1) is 10.5 Å². The Bertz CT molecular complexity index is 354. The second-order valence-electron chi connectivity index (χ2n) is 2.60. The molecule has 1 heterocycles. The highest BCUT2D eigenvalue weighted by Crippen LogP contribution is 1.98. The second kappa shape index (κ2) is 3.04. The van der Waals surface area contributed by atoms with E-state index < -0.39 is 0 Å². The normalized spacial score (nSPS) is 10.3. The van der Waals surface area contributed by atoms with Crippen LogP contribution in [-0.4, -0.2) is 9.36 Å². The van der Waals surface area contributed by atoms with Crippen LogP contribution in [0.5, 0.6) is 0 Å². The summed E-state index contributed by atoms with van der Waals surface area (Å²) in [6, 6.07) is 0. The van der Waals surface area contributed by atoms with Gasteiger partial charge >= 0.3 is 0 Å². The maximum absolute atomic E-state index is 11.4. The molecule has 0 N–H and O–H groups in total. The molecule has 0 fully saturated rings. The Kier molecular flexibility index (Phi) is 2.41. The van der Waals surface area contributed by atoms with E-state index in [0.29, 0.717) is 9.13 Å². The lowest BCUT2D eigenvalue weighted by Crippen LogP contribution is -2.38. The maximum atomic E-state index is 11.4. The molecular weight excluding hydrogens is 271 g/mol. The molecule has 0 spiro atoms. The van der Waals surface area contributed by atoms with E-state index in [1.165, 1.54) is 9.36 Å². The lowest BCUT2D eigenvalue weighted by molar-refractivity contribution is 0.526. The molecule has 1 rings (SSSR count). The van der Waals surface area contributed by atoms with Crippen LogP contribution in [0.15, 0.2) is 9.59 Å². The molecule has 0 unspecified atom stereocenters. The Hall–Kier alpha value is -0.590. The molecule has 0 bridgehead atoms. The highest BCUT2D eigenvalue weighted by atomic mass is 127. The minimum atomic E-state index is -0.129. The third-order valence-corrected chi connectivity index (χ3v) is 3.15. The quantitative estimate of drug-likeness (QED) is 0.628. The summed E-state index contributed by atoms with van der Waals surface area (Å²) in [7, 11) is 3.15. The highest BCUT2D eigenvalue weighted by Gasteiger charge is 2.08. The summed E-state index contributed by atoms with van der Waals surface area (Å²) in [6.07, 6.45) is 0. The van der Waals surface area contributed by atoms with Gasteiger partial charge in [-0.3, -0.25) is 19.0 Å². The lowest BCUT2D eigenvalue weighted by atomic mass is 10.3. The smallest absolute Gasteiger partial charge is 0.268 e. The fourth-order valence-corrected chi connectivity index (χ4v) is 1.49. The van der Waals surface area contributed by atoms with Crippen molar-refractivity contribution in [3.8, 4) is 0 Å². The van der Waals surface area contributed by atoms with Gasteiger partial charge in [-0.05, 0) is 29.5 Å². The number of aromatic nitrogens is 2. The van der Waals surface area contributed by atoms with Crippen molar-refractivity contribution in [3.05, 3.63) is 29.8 Å². The van der Waals surface area contributed by atoms with Gasteiger partial charge in [-0.25, -0.2) is 0 Å². The minimum Gasteiger partial charge on any atom is -0.268 e. The maximum Gasteiger partial charge on any atom is 0.278 e. The Labute approximate surface area is 82.9 Å². The summed E-state index contributed by atoms with van der Waals surface area (Å²) in [5, 5.41) is 0. The molecule has 0 aliphatic carbocycles. The number of rotatable bonds is 0. The summed E-state index contributed by atoms with van der Waals surface area (Å²) in [5.74, 6) is 0. The first-order chi connectivity index (χ1) is 5.46. The van der Waals surface area contributed by atoms with Gasteiger partial charge in [-0.15, -0.1) is 0 Å². The van der Waals surface area contributed by atoms with Crippen LogP contribution in [0.1, 0.15) is 5.56 Å². The van der Waals surface area contributed by atoms with Crippen molar-refractivity contribution in [1.82, 2.24) is 9.36 Å². The van der Waals surface area contributed by atoms with Crippen LogP contribution < -0.4 is 11.1 Å². The molecule has 0 amide bonds. The van der Waals surface area contributed by atoms with E-state index in [1.807, 2.05) is 22.6 Å². The zero-order valence-corrected chi connectivity index (χ0v) is 9.25. The molecule has 0 aliphatic rings. The van der Waals surface area contributed by atoms with Gasteiger partial charge in [0.05, 0.1) is 3.57 Å². The summed E-state index contributed by atoms with van der Waals surface area (Å²) in [5.41, 5.74) is 0.262. The number of nitrogens with zero attached hydrogens (tertiary/aromatic N) is 2. The van der Waals surface area contributed by atoms with E-state index in [4.69, 9.17) is 0 Å². The van der Waals surface area contributed by atoms with Gasteiger partial charge in [0.25, 0.3) is 11.1 Å². The topological polar surface area (TPSA) is 44.0 Å². The van der Waals surface area contributed by atoms with Gasteiger partial charge in [-0.2, -0.15) is 0 Å². The van der Waals surface area contributed by atoms with Gasteiger partial charge in [-0.1, -0.05) is 0 Å². The van der Waals surface area contributed by atoms with Crippen LogP contribution in [-0.2, 0) is 14.1 Å². The number of halogens is 1. The van der Waals surface area contributed by atoms with Crippen LogP contribution in [0.25, 0.3) is 0 Å². The van der Waals surface area contributed by atoms with Gasteiger partial charge in [0, 0.05) is 19.7 Å². The third kappa shape index (κ3) is 1.21. The van der Waals surface area contributed by atoms with Crippen LogP contribution in [0.3, 0.4) is 0 Å². The zero-order valence-electron chi connectivity index (χ0n) is 7.09. The van der Waals surface area contributed by atoms with E-state index in [9.17, 15) is 9.59 Å². The van der Waals surface area contributed by atoms with E-state index in [1.54, 1.807) is 21.0 Å². The molecule has 0 saturated carbocycles. The monoisotopic (exact) mass is 280 g/mol. The molecule has 0 radical (unpaired) electrons. The first-order valence-corrected chi connectivity index (χ1v) is 4.47. The van der Waals surface area contributed by atoms with Crippen molar-refractivity contribution in [1.29, 1.82) is 0 Å². The Morgan fingerprint density at radius 1 is 1.08 bits per heavy atom. The average Bonchev–Trinajstić information content (AvgIpc) is 2.08. The molecule has 5 heteroatoms. The highest BCUT2D eigenvalue weighted by molar-refractivity contribution is 14.1. The molecule has 0 aromatic carbocycles. The predicted molar refractivity (Wildman–Crippen MR) is 54.4 cm³/mol. The first-order valence-electron chi connectivity index (χ1n) is 3.39. The zero-order chi connectivity index (χ0) is 9.46. The van der Waals surface area contributed by atoms with Gasteiger partial charge in [0.1, 0.15) is 0 Å². The Morgan fingerprint density at radius 2 is 1.50 bits per heavy atom. The molecular formula is C7H9IN2O2. The van der Waals surface area contributed by atoms with Gasteiger partial charge < -0.3 is 0 Å². The van der Waals surface area contributed by atoms with Gasteiger partial charge in [0.2, 0.25) is 0 Å². The van der Waals surface area contributed by atoms with E-state index in [-0.39, 0.29) is 11.1 Å². The van der Waals surface area contributed by atoms with E-state index >= 15 is 0 Å². The molecule has 4 nitrogen and oxygen atoms in total. The Morgan fingerprint density at radius 3 is 2.00 bits per heavy atom. The summed E-state index contributed by atoms with van der Waals surface area (Å²) in [4.78, 5) is 22.7. The largest absolute Gasteiger partial charge is 0.278 e. The molecule has 1 aromatic rings. The first kappa shape index (κ1) is 9.50.